The third-order valence-electron chi connectivity index (χ3n) is 5.38. The van der Waals surface area contributed by atoms with Crippen LogP contribution in [0.1, 0.15) is 53.4 Å². The third-order valence-corrected chi connectivity index (χ3v) is 5.38. The zero-order chi connectivity index (χ0) is 12.5. The second-order valence-corrected chi connectivity index (χ2v) is 6.53. The maximum absolute atomic E-state index is 3.60. The van der Waals surface area contributed by atoms with Crippen LogP contribution in [-0.2, 0) is 0 Å². The van der Waals surface area contributed by atoms with Crippen LogP contribution in [0.15, 0.2) is 0 Å². The van der Waals surface area contributed by atoms with Crippen molar-refractivity contribution in [1.29, 1.82) is 0 Å². The van der Waals surface area contributed by atoms with Crippen molar-refractivity contribution in [3.63, 3.8) is 0 Å². The highest BCUT2D eigenvalue weighted by atomic mass is 15.2. The molecule has 0 amide bonds. The van der Waals surface area contributed by atoms with E-state index in [9.17, 15) is 0 Å². The molecule has 1 aliphatic heterocycles. The summed E-state index contributed by atoms with van der Waals surface area (Å²) in [6, 6.07) is 1.50. The van der Waals surface area contributed by atoms with Crippen molar-refractivity contribution >= 4 is 0 Å². The van der Waals surface area contributed by atoms with Crippen LogP contribution in [0.3, 0.4) is 0 Å². The summed E-state index contributed by atoms with van der Waals surface area (Å²) in [5.74, 6) is 0.905. The van der Waals surface area contributed by atoms with Gasteiger partial charge in [0.05, 0.1) is 0 Å². The molecule has 1 saturated carbocycles. The van der Waals surface area contributed by atoms with Gasteiger partial charge in [0.15, 0.2) is 0 Å². The van der Waals surface area contributed by atoms with Gasteiger partial charge in [-0.1, -0.05) is 20.3 Å². The van der Waals surface area contributed by atoms with Gasteiger partial charge < -0.3 is 5.32 Å². The average Bonchev–Trinajstić information content (AvgIpc) is 2.30. The summed E-state index contributed by atoms with van der Waals surface area (Å²) in [4.78, 5) is 2.75. The zero-order valence-corrected chi connectivity index (χ0v) is 12.1. The standard InChI is InChI=1S/C15H30N2/c1-5-17(12(2)3)14-8-6-7-13-11-16-10-9-15(13,14)4/h12-14,16H,5-11H2,1-4H3. The Morgan fingerprint density at radius 2 is 2.12 bits per heavy atom. The normalized spacial score (nSPS) is 38.5. The molecular weight excluding hydrogens is 208 g/mol. The minimum atomic E-state index is 0.559. The van der Waals surface area contributed by atoms with E-state index in [4.69, 9.17) is 0 Å². The molecule has 0 bridgehead atoms. The summed E-state index contributed by atoms with van der Waals surface area (Å²) in [5, 5.41) is 3.60. The van der Waals surface area contributed by atoms with E-state index in [0.717, 1.165) is 12.0 Å². The van der Waals surface area contributed by atoms with Crippen LogP contribution in [0.2, 0.25) is 0 Å². The Hall–Kier alpha value is -0.0800. The van der Waals surface area contributed by atoms with Gasteiger partial charge >= 0.3 is 0 Å². The van der Waals surface area contributed by atoms with Crippen LogP contribution >= 0.6 is 0 Å². The molecule has 17 heavy (non-hydrogen) atoms. The number of hydrogen-bond acceptors (Lipinski definition) is 2. The van der Waals surface area contributed by atoms with Gasteiger partial charge in [-0.3, -0.25) is 4.90 Å². The molecule has 1 aliphatic carbocycles. The van der Waals surface area contributed by atoms with Crippen LogP contribution in [0.4, 0.5) is 0 Å². The first-order valence-corrected chi connectivity index (χ1v) is 7.56. The Balaban J connectivity index is 2.19. The summed E-state index contributed by atoms with van der Waals surface area (Å²) < 4.78 is 0. The van der Waals surface area contributed by atoms with Crippen molar-refractivity contribution in [2.45, 2.75) is 65.5 Å². The number of fused-ring (bicyclic) bond motifs is 1. The summed E-state index contributed by atoms with van der Waals surface area (Å²) in [6.45, 7) is 13.3. The maximum Gasteiger partial charge on any atom is 0.0155 e. The molecule has 2 heteroatoms. The minimum absolute atomic E-state index is 0.559. The fourth-order valence-corrected chi connectivity index (χ4v) is 4.32. The fourth-order valence-electron chi connectivity index (χ4n) is 4.32. The average molecular weight is 238 g/mol. The highest BCUT2D eigenvalue weighted by molar-refractivity contribution is 5.01. The van der Waals surface area contributed by atoms with E-state index in [1.54, 1.807) is 0 Å². The van der Waals surface area contributed by atoms with Gasteiger partial charge in [0.25, 0.3) is 0 Å². The molecule has 0 spiro atoms. The largest absolute Gasteiger partial charge is 0.316 e. The van der Waals surface area contributed by atoms with Crippen molar-refractivity contribution in [3.05, 3.63) is 0 Å². The molecule has 0 aromatic heterocycles. The number of hydrogen-bond donors (Lipinski definition) is 1. The predicted molar refractivity (Wildman–Crippen MR) is 74.2 cm³/mol. The second kappa shape index (κ2) is 5.27. The highest BCUT2D eigenvalue weighted by Crippen LogP contribution is 2.47. The first-order valence-electron chi connectivity index (χ1n) is 7.56. The molecule has 1 N–H and O–H groups in total. The molecule has 2 fully saturated rings. The smallest absolute Gasteiger partial charge is 0.0155 e. The summed E-state index contributed by atoms with van der Waals surface area (Å²) >= 11 is 0. The Morgan fingerprint density at radius 3 is 2.76 bits per heavy atom. The highest BCUT2D eigenvalue weighted by Gasteiger charge is 2.47. The van der Waals surface area contributed by atoms with Crippen LogP contribution in [0.5, 0.6) is 0 Å². The van der Waals surface area contributed by atoms with Crippen molar-refractivity contribution in [1.82, 2.24) is 10.2 Å². The second-order valence-electron chi connectivity index (χ2n) is 6.53. The first-order chi connectivity index (χ1) is 8.09. The van der Waals surface area contributed by atoms with Crippen molar-refractivity contribution < 1.29 is 0 Å². The quantitative estimate of drug-likeness (QED) is 0.813. The number of nitrogens with zero attached hydrogens (tertiary/aromatic N) is 1. The van der Waals surface area contributed by atoms with E-state index >= 15 is 0 Å². The Morgan fingerprint density at radius 1 is 1.35 bits per heavy atom. The SMILES string of the molecule is CCN(C(C)C)C1CCCC2CNCCC21C. The van der Waals surface area contributed by atoms with Gasteiger partial charge in [0, 0.05) is 12.1 Å². The number of rotatable bonds is 3. The van der Waals surface area contributed by atoms with E-state index < -0.39 is 0 Å². The summed E-state index contributed by atoms with van der Waals surface area (Å²) in [6.07, 6.45) is 5.65. The minimum Gasteiger partial charge on any atom is -0.316 e. The van der Waals surface area contributed by atoms with Gasteiger partial charge in [0.1, 0.15) is 0 Å². The summed E-state index contributed by atoms with van der Waals surface area (Å²) in [7, 11) is 0. The third kappa shape index (κ3) is 2.39. The fraction of sp³-hybridized carbons (Fsp3) is 1.00. The van der Waals surface area contributed by atoms with Gasteiger partial charge in [-0.2, -0.15) is 0 Å². The molecule has 100 valence electrons. The van der Waals surface area contributed by atoms with Gasteiger partial charge in [-0.15, -0.1) is 0 Å². The van der Waals surface area contributed by atoms with Crippen molar-refractivity contribution in [3.8, 4) is 0 Å². The van der Waals surface area contributed by atoms with Gasteiger partial charge in [0.2, 0.25) is 0 Å². The molecule has 2 rings (SSSR count). The van der Waals surface area contributed by atoms with E-state index in [0.29, 0.717) is 11.5 Å². The van der Waals surface area contributed by atoms with Crippen LogP contribution in [-0.4, -0.2) is 36.6 Å². The van der Waals surface area contributed by atoms with Gasteiger partial charge in [-0.05, 0) is 64.1 Å². The molecule has 1 saturated heterocycles. The van der Waals surface area contributed by atoms with Crippen molar-refractivity contribution in [2.75, 3.05) is 19.6 Å². The molecule has 0 aromatic rings. The molecule has 0 aromatic carbocycles. The van der Waals surface area contributed by atoms with Crippen molar-refractivity contribution in [2.24, 2.45) is 11.3 Å². The van der Waals surface area contributed by atoms with E-state index in [2.05, 4.69) is 37.9 Å². The zero-order valence-electron chi connectivity index (χ0n) is 12.1. The molecule has 2 nitrogen and oxygen atoms in total. The molecule has 2 aliphatic rings. The van der Waals surface area contributed by atoms with Crippen LogP contribution in [0.25, 0.3) is 0 Å². The van der Waals surface area contributed by atoms with Crippen LogP contribution < -0.4 is 5.32 Å². The molecule has 3 unspecified atom stereocenters. The first kappa shape index (κ1) is 13.4. The molecule has 1 heterocycles. The van der Waals surface area contributed by atoms with E-state index in [1.165, 1.54) is 45.3 Å². The maximum atomic E-state index is 3.60. The lowest BCUT2D eigenvalue weighted by atomic mass is 9.60. The Kier molecular flexibility index (Phi) is 4.14. The Labute approximate surface area is 107 Å². The number of nitrogens with one attached hydrogen (secondary N) is 1. The van der Waals surface area contributed by atoms with Crippen LogP contribution in [0, 0.1) is 11.3 Å². The monoisotopic (exact) mass is 238 g/mol. The predicted octanol–water partition coefficient (Wildman–Crippen LogP) is 2.89. The van der Waals surface area contributed by atoms with Gasteiger partial charge in [-0.25, -0.2) is 0 Å². The number of piperidine rings is 1. The molecule has 3 atom stereocenters. The van der Waals surface area contributed by atoms with E-state index in [1.807, 2.05) is 0 Å². The molecule has 0 radical (unpaired) electrons. The lowest BCUT2D eigenvalue weighted by molar-refractivity contribution is -0.0389. The lowest BCUT2D eigenvalue weighted by Crippen LogP contribution is -2.59. The van der Waals surface area contributed by atoms with E-state index in [-0.39, 0.29) is 0 Å². The lowest BCUT2D eigenvalue weighted by Gasteiger charge is -2.55. The topological polar surface area (TPSA) is 15.3 Å². The Bertz CT molecular complexity index is 249. The molecular formula is C15H30N2. The summed E-state index contributed by atoms with van der Waals surface area (Å²) in [5.41, 5.74) is 0.559.